The van der Waals surface area contributed by atoms with Crippen LogP contribution in [-0.4, -0.2) is 30.1 Å². The Labute approximate surface area is 95.6 Å². The van der Waals surface area contributed by atoms with Crippen molar-refractivity contribution in [2.75, 3.05) is 0 Å². The maximum atomic E-state index is 9.71. The van der Waals surface area contributed by atoms with E-state index in [2.05, 4.69) is 19.9 Å². The zero-order valence-corrected chi connectivity index (χ0v) is 8.62. The lowest BCUT2D eigenvalue weighted by molar-refractivity contribution is 0.453. The molecular formula is C11H8N4O2. The Morgan fingerprint density at radius 1 is 1.12 bits per heavy atom. The monoisotopic (exact) mass is 228 g/mol. The van der Waals surface area contributed by atoms with Gasteiger partial charge in [0.25, 0.3) is 0 Å². The third-order valence-corrected chi connectivity index (χ3v) is 2.42. The van der Waals surface area contributed by atoms with Gasteiger partial charge in [-0.3, -0.25) is 0 Å². The molecule has 0 unspecified atom stereocenters. The van der Waals surface area contributed by atoms with Gasteiger partial charge in [0.15, 0.2) is 5.65 Å². The Kier molecular flexibility index (Phi) is 1.94. The van der Waals surface area contributed by atoms with Crippen molar-refractivity contribution in [1.82, 2.24) is 19.9 Å². The number of phenols is 2. The second kappa shape index (κ2) is 3.44. The quantitative estimate of drug-likeness (QED) is 0.585. The van der Waals surface area contributed by atoms with Gasteiger partial charge in [0, 0.05) is 0 Å². The van der Waals surface area contributed by atoms with Crippen LogP contribution in [0, 0.1) is 0 Å². The second-order valence-corrected chi connectivity index (χ2v) is 3.52. The molecule has 3 aromatic rings. The number of H-pyrrole nitrogens is 1. The smallest absolute Gasteiger partial charge is 0.181 e. The molecule has 1 aromatic carbocycles. The topological polar surface area (TPSA) is 94.9 Å². The third kappa shape index (κ3) is 1.46. The SMILES string of the molecule is Oc1cccc(O)c1-c1nc2ncncc2[nH]1. The second-order valence-electron chi connectivity index (χ2n) is 3.52. The highest BCUT2D eigenvalue weighted by Crippen LogP contribution is 2.35. The van der Waals surface area contributed by atoms with Crippen molar-refractivity contribution < 1.29 is 10.2 Å². The predicted octanol–water partition coefficient (Wildman–Crippen LogP) is 1.43. The summed E-state index contributed by atoms with van der Waals surface area (Å²) in [5.74, 6) is 0.269. The minimum Gasteiger partial charge on any atom is -0.507 e. The van der Waals surface area contributed by atoms with E-state index in [9.17, 15) is 10.2 Å². The lowest BCUT2D eigenvalue weighted by Gasteiger charge is -2.02. The molecule has 0 saturated carbocycles. The number of phenolic OH excluding ortho intramolecular Hbond substituents is 2. The van der Waals surface area contributed by atoms with Crippen molar-refractivity contribution >= 4 is 11.2 Å². The molecule has 0 radical (unpaired) electrons. The van der Waals surface area contributed by atoms with Crippen molar-refractivity contribution in [2.45, 2.75) is 0 Å². The summed E-state index contributed by atoms with van der Waals surface area (Å²) in [6, 6.07) is 4.51. The molecule has 0 amide bonds. The molecule has 3 N–H and O–H groups in total. The van der Waals surface area contributed by atoms with E-state index in [1.807, 2.05) is 0 Å². The molecule has 2 heterocycles. The van der Waals surface area contributed by atoms with Crippen LogP contribution in [0.1, 0.15) is 0 Å². The van der Waals surface area contributed by atoms with Crippen molar-refractivity contribution in [3.05, 3.63) is 30.7 Å². The number of rotatable bonds is 1. The number of aromatic amines is 1. The highest BCUT2D eigenvalue weighted by atomic mass is 16.3. The van der Waals surface area contributed by atoms with Gasteiger partial charge < -0.3 is 15.2 Å². The molecule has 0 aliphatic heterocycles. The molecule has 0 spiro atoms. The van der Waals surface area contributed by atoms with Gasteiger partial charge in [0.05, 0.1) is 6.20 Å². The Morgan fingerprint density at radius 2 is 1.88 bits per heavy atom. The number of aromatic nitrogens is 4. The molecule has 84 valence electrons. The first-order chi connectivity index (χ1) is 8.25. The van der Waals surface area contributed by atoms with Gasteiger partial charge in [-0.05, 0) is 12.1 Å². The fourth-order valence-electron chi connectivity index (χ4n) is 1.65. The van der Waals surface area contributed by atoms with Gasteiger partial charge in [-0.2, -0.15) is 0 Å². The molecular weight excluding hydrogens is 220 g/mol. The molecule has 0 fully saturated rings. The van der Waals surface area contributed by atoms with Crippen LogP contribution in [0.15, 0.2) is 30.7 Å². The maximum Gasteiger partial charge on any atom is 0.181 e. The van der Waals surface area contributed by atoms with Gasteiger partial charge in [0.1, 0.15) is 34.7 Å². The lowest BCUT2D eigenvalue weighted by atomic mass is 10.1. The van der Waals surface area contributed by atoms with Gasteiger partial charge in [-0.25, -0.2) is 15.0 Å². The number of hydrogen-bond donors (Lipinski definition) is 3. The van der Waals surface area contributed by atoms with E-state index in [0.29, 0.717) is 17.0 Å². The summed E-state index contributed by atoms with van der Waals surface area (Å²) < 4.78 is 0. The predicted molar refractivity (Wildman–Crippen MR) is 60.4 cm³/mol. The lowest BCUT2D eigenvalue weighted by Crippen LogP contribution is -1.82. The first-order valence-corrected chi connectivity index (χ1v) is 4.93. The normalized spacial score (nSPS) is 10.8. The number of benzene rings is 1. The van der Waals surface area contributed by atoms with Gasteiger partial charge >= 0.3 is 0 Å². The summed E-state index contributed by atoms with van der Waals surface area (Å²) in [4.78, 5) is 14.9. The summed E-state index contributed by atoms with van der Waals surface area (Å²) in [6.45, 7) is 0. The average Bonchev–Trinajstić information content (AvgIpc) is 2.71. The largest absolute Gasteiger partial charge is 0.507 e. The molecule has 0 saturated heterocycles. The van der Waals surface area contributed by atoms with Crippen LogP contribution in [0.3, 0.4) is 0 Å². The molecule has 17 heavy (non-hydrogen) atoms. The number of fused-ring (bicyclic) bond motifs is 1. The number of nitrogens with zero attached hydrogens (tertiary/aromatic N) is 3. The van der Waals surface area contributed by atoms with Gasteiger partial charge in [0.2, 0.25) is 0 Å². The number of nitrogens with one attached hydrogen (secondary N) is 1. The van der Waals surface area contributed by atoms with Crippen LogP contribution in [0.2, 0.25) is 0 Å². The van der Waals surface area contributed by atoms with E-state index >= 15 is 0 Å². The summed E-state index contributed by atoms with van der Waals surface area (Å²) in [5.41, 5.74) is 1.38. The highest BCUT2D eigenvalue weighted by molar-refractivity contribution is 5.79. The standard InChI is InChI=1S/C11H8N4O2/c16-7-2-1-3-8(17)9(7)11-14-6-4-12-5-13-10(6)15-11/h1-5,16-17H,(H,12,13,14,15). The molecule has 2 aromatic heterocycles. The van der Waals surface area contributed by atoms with E-state index in [1.165, 1.54) is 18.5 Å². The first-order valence-electron chi connectivity index (χ1n) is 4.93. The number of imidazole rings is 1. The summed E-state index contributed by atoms with van der Waals surface area (Å²) in [5, 5.41) is 19.4. The van der Waals surface area contributed by atoms with Crippen molar-refractivity contribution in [2.24, 2.45) is 0 Å². The Morgan fingerprint density at radius 3 is 2.59 bits per heavy atom. The Hall–Kier alpha value is -2.63. The Bertz CT molecular complexity index is 640. The first kappa shape index (κ1) is 9.59. The number of aromatic hydroxyl groups is 2. The minimum atomic E-state index is -0.0444. The average molecular weight is 228 g/mol. The van der Waals surface area contributed by atoms with Crippen LogP contribution >= 0.6 is 0 Å². The minimum absolute atomic E-state index is 0.0444. The van der Waals surface area contributed by atoms with E-state index in [0.717, 1.165) is 0 Å². The van der Waals surface area contributed by atoms with Gasteiger partial charge in [-0.15, -0.1) is 0 Å². The number of hydrogen-bond acceptors (Lipinski definition) is 5. The highest BCUT2D eigenvalue weighted by Gasteiger charge is 2.14. The van der Waals surface area contributed by atoms with E-state index < -0.39 is 0 Å². The van der Waals surface area contributed by atoms with Crippen LogP contribution < -0.4 is 0 Å². The fraction of sp³-hybridized carbons (Fsp3) is 0. The van der Waals surface area contributed by atoms with Crippen LogP contribution in [-0.2, 0) is 0 Å². The molecule has 0 atom stereocenters. The van der Waals surface area contributed by atoms with E-state index in [1.54, 1.807) is 12.3 Å². The fourth-order valence-corrected chi connectivity index (χ4v) is 1.65. The zero-order chi connectivity index (χ0) is 11.8. The van der Waals surface area contributed by atoms with Crippen LogP contribution in [0.5, 0.6) is 11.5 Å². The molecule has 0 aliphatic rings. The molecule has 0 aliphatic carbocycles. The van der Waals surface area contributed by atoms with Gasteiger partial charge in [-0.1, -0.05) is 6.07 Å². The van der Waals surface area contributed by atoms with E-state index in [-0.39, 0.29) is 17.1 Å². The van der Waals surface area contributed by atoms with Crippen molar-refractivity contribution in [3.63, 3.8) is 0 Å². The Balaban J connectivity index is 2.27. The van der Waals surface area contributed by atoms with Crippen LogP contribution in [0.25, 0.3) is 22.6 Å². The van der Waals surface area contributed by atoms with E-state index in [4.69, 9.17) is 0 Å². The maximum absolute atomic E-state index is 9.71. The van der Waals surface area contributed by atoms with Crippen molar-refractivity contribution in [1.29, 1.82) is 0 Å². The summed E-state index contributed by atoms with van der Waals surface area (Å²) >= 11 is 0. The molecule has 3 rings (SSSR count). The zero-order valence-electron chi connectivity index (χ0n) is 8.62. The van der Waals surface area contributed by atoms with Crippen LogP contribution in [0.4, 0.5) is 0 Å². The summed E-state index contributed by atoms with van der Waals surface area (Å²) in [7, 11) is 0. The molecule has 0 bridgehead atoms. The summed E-state index contributed by atoms with van der Waals surface area (Å²) in [6.07, 6.45) is 2.97. The third-order valence-electron chi connectivity index (χ3n) is 2.42. The molecule has 6 heteroatoms. The molecule has 6 nitrogen and oxygen atoms in total. The van der Waals surface area contributed by atoms with Crippen molar-refractivity contribution in [3.8, 4) is 22.9 Å².